The number of sulfonamides is 1. The average Bonchev–Trinajstić information content (AvgIpc) is 3.19. The molecule has 31 heavy (non-hydrogen) atoms. The minimum atomic E-state index is -3.85. The van der Waals surface area contributed by atoms with Gasteiger partial charge in [0.1, 0.15) is 0 Å². The van der Waals surface area contributed by atoms with Crippen molar-refractivity contribution in [2.24, 2.45) is 0 Å². The zero-order valence-electron chi connectivity index (χ0n) is 18.6. The van der Waals surface area contributed by atoms with E-state index in [4.69, 9.17) is 4.42 Å². The molecule has 0 spiro atoms. The summed E-state index contributed by atoms with van der Waals surface area (Å²) in [5.41, 5.74) is 0.332. The van der Waals surface area contributed by atoms with Crippen LogP contribution < -0.4 is 10.0 Å². The number of amides is 1. The number of carbonyl (C=O) groups excluding carboxylic acids is 1. The Morgan fingerprint density at radius 3 is 2.32 bits per heavy atom. The molecule has 1 aliphatic heterocycles. The topological polar surface area (TPSA) is 94.9 Å². The van der Waals surface area contributed by atoms with Crippen molar-refractivity contribution in [2.45, 2.75) is 37.4 Å². The smallest absolute Gasteiger partial charge is 0.287 e. The third-order valence-corrected chi connectivity index (χ3v) is 6.68. The SMILES string of the molecule is CN1CCN(CC(NC(=O)c2ccc(S(=O)(=O)NC(C)(C)C)o2)c2ccccc2)CC1. The summed E-state index contributed by atoms with van der Waals surface area (Å²) in [6.07, 6.45) is 0. The Balaban J connectivity index is 1.74. The minimum absolute atomic E-state index is 0.0337. The first-order valence-corrected chi connectivity index (χ1v) is 11.9. The lowest BCUT2D eigenvalue weighted by atomic mass is 10.1. The number of furan rings is 1. The van der Waals surface area contributed by atoms with E-state index >= 15 is 0 Å². The molecular formula is C22H32N4O4S. The number of carbonyl (C=O) groups is 1. The van der Waals surface area contributed by atoms with Crippen molar-refractivity contribution in [3.63, 3.8) is 0 Å². The van der Waals surface area contributed by atoms with Crippen molar-refractivity contribution in [1.82, 2.24) is 19.8 Å². The molecule has 9 heteroatoms. The maximum absolute atomic E-state index is 12.9. The van der Waals surface area contributed by atoms with Gasteiger partial charge in [-0.2, -0.15) is 0 Å². The second-order valence-electron chi connectivity index (χ2n) is 9.01. The Morgan fingerprint density at radius 2 is 1.71 bits per heavy atom. The second-order valence-corrected chi connectivity index (χ2v) is 10.6. The summed E-state index contributed by atoms with van der Waals surface area (Å²) >= 11 is 0. The standard InChI is InChI=1S/C22H32N4O4S/c1-22(2,3)24-31(28,29)20-11-10-19(30-20)21(27)23-18(17-8-6-5-7-9-17)16-26-14-12-25(4)13-15-26/h5-11,18,24H,12-16H2,1-4H3,(H,23,27). The van der Waals surface area contributed by atoms with Crippen molar-refractivity contribution >= 4 is 15.9 Å². The zero-order valence-corrected chi connectivity index (χ0v) is 19.4. The number of rotatable bonds is 7. The van der Waals surface area contributed by atoms with Gasteiger partial charge in [-0.25, -0.2) is 13.1 Å². The third kappa shape index (κ3) is 6.64. The van der Waals surface area contributed by atoms with Gasteiger partial charge in [-0.05, 0) is 45.5 Å². The molecular weight excluding hydrogens is 416 g/mol. The maximum Gasteiger partial charge on any atom is 0.287 e. The third-order valence-electron chi connectivity index (χ3n) is 5.05. The van der Waals surface area contributed by atoms with E-state index in [1.54, 1.807) is 20.8 Å². The summed E-state index contributed by atoms with van der Waals surface area (Å²) < 4.78 is 32.9. The molecule has 0 radical (unpaired) electrons. The fourth-order valence-corrected chi connectivity index (χ4v) is 4.83. The lowest BCUT2D eigenvalue weighted by molar-refractivity contribution is 0.0875. The number of benzene rings is 1. The van der Waals surface area contributed by atoms with Crippen LogP contribution in [0.1, 0.15) is 42.9 Å². The molecule has 2 aromatic rings. The Hall–Kier alpha value is -2.20. The molecule has 1 aromatic heterocycles. The number of nitrogens with zero attached hydrogens (tertiary/aromatic N) is 2. The first-order valence-electron chi connectivity index (χ1n) is 10.4. The van der Waals surface area contributed by atoms with E-state index in [0.29, 0.717) is 6.54 Å². The molecule has 1 aliphatic rings. The summed E-state index contributed by atoms with van der Waals surface area (Å²) in [7, 11) is -1.75. The van der Waals surface area contributed by atoms with Crippen LogP contribution in [0.5, 0.6) is 0 Å². The molecule has 1 unspecified atom stereocenters. The molecule has 170 valence electrons. The van der Waals surface area contributed by atoms with Crippen LogP contribution in [0, 0.1) is 0 Å². The van der Waals surface area contributed by atoms with Gasteiger partial charge in [0.05, 0.1) is 6.04 Å². The van der Waals surface area contributed by atoms with Gasteiger partial charge in [-0.1, -0.05) is 30.3 Å². The molecule has 1 fully saturated rings. The maximum atomic E-state index is 12.9. The highest BCUT2D eigenvalue weighted by molar-refractivity contribution is 7.89. The van der Waals surface area contributed by atoms with Crippen molar-refractivity contribution in [3.8, 4) is 0 Å². The van der Waals surface area contributed by atoms with E-state index in [1.807, 2.05) is 30.3 Å². The normalized spacial score (nSPS) is 17.4. The monoisotopic (exact) mass is 448 g/mol. The van der Waals surface area contributed by atoms with Gasteiger partial charge in [0.15, 0.2) is 5.76 Å². The van der Waals surface area contributed by atoms with E-state index in [0.717, 1.165) is 31.7 Å². The highest BCUT2D eigenvalue weighted by atomic mass is 32.2. The molecule has 0 bridgehead atoms. The predicted molar refractivity (Wildman–Crippen MR) is 119 cm³/mol. The van der Waals surface area contributed by atoms with Crippen LogP contribution in [0.2, 0.25) is 0 Å². The van der Waals surface area contributed by atoms with Gasteiger partial charge in [0, 0.05) is 38.3 Å². The van der Waals surface area contributed by atoms with Crippen molar-refractivity contribution in [3.05, 3.63) is 53.8 Å². The summed E-state index contributed by atoms with van der Waals surface area (Å²) in [6, 6.07) is 12.2. The summed E-state index contributed by atoms with van der Waals surface area (Å²) in [6.45, 7) is 9.71. The quantitative estimate of drug-likeness (QED) is 0.673. The first-order chi connectivity index (χ1) is 14.5. The summed E-state index contributed by atoms with van der Waals surface area (Å²) in [4.78, 5) is 17.5. The highest BCUT2D eigenvalue weighted by Crippen LogP contribution is 2.19. The number of likely N-dealkylation sites (N-methyl/N-ethyl adjacent to an activating group) is 1. The van der Waals surface area contributed by atoms with E-state index in [-0.39, 0.29) is 16.9 Å². The van der Waals surface area contributed by atoms with Gasteiger partial charge < -0.3 is 14.6 Å². The number of piperazine rings is 1. The van der Waals surface area contributed by atoms with Crippen LogP contribution in [0.4, 0.5) is 0 Å². The van der Waals surface area contributed by atoms with E-state index in [2.05, 4.69) is 26.9 Å². The molecule has 8 nitrogen and oxygen atoms in total. The van der Waals surface area contributed by atoms with Gasteiger partial charge in [0.2, 0.25) is 5.09 Å². The van der Waals surface area contributed by atoms with Crippen molar-refractivity contribution < 1.29 is 17.6 Å². The van der Waals surface area contributed by atoms with E-state index in [9.17, 15) is 13.2 Å². The van der Waals surface area contributed by atoms with Gasteiger partial charge in [-0.15, -0.1) is 0 Å². The zero-order chi connectivity index (χ0) is 22.6. The molecule has 2 heterocycles. The van der Waals surface area contributed by atoms with Crippen LogP contribution in [-0.2, 0) is 10.0 Å². The molecule has 2 N–H and O–H groups in total. The van der Waals surface area contributed by atoms with Crippen LogP contribution >= 0.6 is 0 Å². The second kappa shape index (κ2) is 9.52. The fraction of sp³-hybridized carbons (Fsp3) is 0.500. The van der Waals surface area contributed by atoms with Crippen LogP contribution in [0.3, 0.4) is 0 Å². The highest BCUT2D eigenvalue weighted by Gasteiger charge is 2.27. The Bertz CT molecular complexity index is 974. The molecule has 1 saturated heterocycles. The largest absolute Gasteiger partial charge is 0.438 e. The molecule has 0 aliphatic carbocycles. The van der Waals surface area contributed by atoms with Crippen LogP contribution in [-0.4, -0.2) is 69.4 Å². The number of hydrogen-bond acceptors (Lipinski definition) is 6. The predicted octanol–water partition coefficient (Wildman–Crippen LogP) is 2.07. The van der Waals surface area contributed by atoms with Crippen molar-refractivity contribution in [1.29, 1.82) is 0 Å². The molecule has 1 amide bonds. The number of hydrogen-bond donors (Lipinski definition) is 2. The van der Waals surface area contributed by atoms with Gasteiger partial charge in [0.25, 0.3) is 15.9 Å². The Labute approximate surface area is 184 Å². The minimum Gasteiger partial charge on any atom is -0.438 e. The molecule has 1 atom stereocenters. The molecule has 1 aromatic carbocycles. The average molecular weight is 449 g/mol. The van der Waals surface area contributed by atoms with Gasteiger partial charge >= 0.3 is 0 Å². The molecule has 3 rings (SSSR count). The Kier molecular flexibility index (Phi) is 7.20. The summed E-state index contributed by atoms with van der Waals surface area (Å²) in [5, 5.41) is 2.74. The lowest BCUT2D eigenvalue weighted by Crippen LogP contribution is -2.47. The molecule has 0 saturated carbocycles. The van der Waals surface area contributed by atoms with E-state index < -0.39 is 21.5 Å². The summed E-state index contributed by atoms with van der Waals surface area (Å²) in [5.74, 6) is -0.478. The van der Waals surface area contributed by atoms with E-state index in [1.165, 1.54) is 12.1 Å². The van der Waals surface area contributed by atoms with Crippen molar-refractivity contribution in [2.75, 3.05) is 39.8 Å². The lowest BCUT2D eigenvalue weighted by Gasteiger charge is -2.34. The Morgan fingerprint density at radius 1 is 1.06 bits per heavy atom. The van der Waals surface area contributed by atoms with Gasteiger partial charge in [-0.3, -0.25) is 9.69 Å². The first kappa shape index (κ1) is 23.5. The van der Waals surface area contributed by atoms with Crippen LogP contribution in [0.25, 0.3) is 0 Å². The number of nitrogens with one attached hydrogen (secondary N) is 2. The van der Waals surface area contributed by atoms with Crippen LogP contribution in [0.15, 0.2) is 52.0 Å². The fourth-order valence-electron chi connectivity index (χ4n) is 3.48.